The van der Waals surface area contributed by atoms with Crippen LogP contribution < -0.4 is 15.9 Å². The molecule has 1 aromatic heterocycles. The highest BCUT2D eigenvalue weighted by atomic mass is 19.1. The lowest BCUT2D eigenvalue weighted by Gasteiger charge is -2.15. The normalized spacial score (nSPS) is 10.8. The van der Waals surface area contributed by atoms with E-state index in [1.165, 1.54) is 0 Å². The molecule has 0 aliphatic carbocycles. The number of halogens is 2. The molecule has 0 bridgehead atoms. The molecule has 0 aliphatic heterocycles. The van der Waals surface area contributed by atoms with E-state index in [2.05, 4.69) is 0 Å². The Bertz CT molecular complexity index is 1220. The Labute approximate surface area is 154 Å². The van der Waals surface area contributed by atoms with Crippen molar-refractivity contribution in [1.29, 1.82) is 0 Å². The number of carbonyl (C=O) groups is 1. The second-order valence-electron chi connectivity index (χ2n) is 5.67. The fourth-order valence-corrected chi connectivity index (χ4v) is 2.74. The zero-order valence-corrected chi connectivity index (χ0v) is 14.1. The van der Waals surface area contributed by atoms with Crippen LogP contribution in [0.2, 0.25) is 0 Å². The van der Waals surface area contributed by atoms with Gasteiger partial charge in [0.1, 0.15) is 17.2 Å². The van der Waals surface area contributed by atoms with Gasteiger partial charge in [0, 0.05) is 24.4 Å². The lowest BCUT2D eigenvalue weighted by Crippen LogP contribution is -2.19. The number of aromatic nitrogens is 1. The predicted molar refractivity (Wildman–Crippen MR) is 94.0 cm³/mol. The number of nitrogens with two attached hydrogens (primary N) is 1. The molecular formula is C17H11F2N3O6. The number of nitro groups is 1. The molecule has 2 aromatic carbocycles. The van der Waals surface area contributed by atoms with Gasteiger partial charge in [-0.1, -0.05) is 0 Å². The molecule has 0 unspecified atom stereocenters. The van der Waals surface area contributed by atoms with Gasteiger partial charge in [0.25, 0.3) is 0 Å². The molecule has 11 heteroatoms. The molecule has 0 saturated carbocycles. The van der Waals surface area contributed by atoms with Gasteiger partial charge in [0.15, 0.2) is 5.75 Å². The summed E-state index contributed by atoms with van der Waals surface area (Å²) in [6, 6.07) is 3.33. The molecule has 144 valence electrons. The van der Waals surface area contributed by atoms with Gasteiger partial charge in [-0.2, -0.15) is 0 Å². The van der Waals surface area contributed by atoms with E-state index in [4.69, 9.17) is 10.5 Å². The zero-order chi connectivity index (χ0) is 20.7. The van der Waals surface area contributed by atoms with Crippen molar-refractivity contribution in [2.75, 3.05) is 12.8 Å². The van der Waals surface area contributed by atoms with Gasteiger partial charge in [-0.3, -0.25) is 14.9 Å². The smallest absolute Gasteiger partial charge is 0.341 e. The number of nitro benzene ring substituents is 1. The largest absolute Gasteiger partial charge is 0.490 e. The van der Waals surface area contributed by atoms with Gasteiger partial charge < -0.3 is 20.1 Å². The first-order valence-electron chi connectivity index (χ1n) is 7.55. The number of fused-ring (bicyclic) bond motifs is 1. The van der Waals surface area contributed by atoms with Crippen molar-refractivity contribution in [2.45, 2.75) is 0 Å². The summed E-state index contributed by atoms with van der Waals surface area (Å²) in [6.45, 7) is 0. The van der Waals surface area contributed by atoms with Crippen LogP contribution in [0.4, 0.5) is 20.2 Å². The third-order valence-corrected chi connectivity index (χ3v) is 4.06. The number of nitrogens with zero attached hydrogens (tertiary/aromatic N) is 2. The number of hydrogen-bond acceptors (Lipinski definition) is 6. The first kappa shape index (κ1) is 18.8. The Morgan fingerprint density at radius 1 is 1.25 bits per heavy atom. The molecule has 0 amide bonds. The highest BCUT2D eigenvalue weighted by molar-refractivity contribution is 5.94. The number of benzene rings is 2. The van der Waals surface area contributed by atoms with E-state index in [0.717, 1.165) is 36.1 Å². The highest BCUT2D eigenvalue weighted by Crippen LogP contribution is 2.33. The van der Waals surface area contributed by atoms with Crippen LogP contribution >= 0.6 is 0 Å². The minimum Gasteiger partial charge on any atom is -0.490 e. The maximum atomic E-state index is 14.4. The fraction of sp³-hybridized carbons (Fsp3) is 0.0588. The third-order valence-electron chi connectivity index (χ3n) is 4.06. The molecule has 0 saturated heterocycles. The van der Waals surface area contributed by atoms with Crippen LogP contribution in [0.3, 0.4) is 0 Å². The molecule has 0 radical (unpaired) electrons. The van der Waals surface area contributed by atoms with Gasteiger partial charge >= 0.3 is 11.7 Å². The average Bonchev–Trinajstić information content (AvgIpc) is 2.64. The molecule has 0 spiro atoms. The number of hydrogen-bond donors (Lipinski definition) is 2. The summed E-state index contributed by atoms with van der Waals surface area (Å²) in [5, 5.41) is 20.2. The minimum atomic E-state index is -1.63. The van der Waals surface area contributed by atoms with Gasteiger partial charge in [0.05, 0.1) is 34.3 Å². The summed E-state index contributed by atoms with van der Waals surface area (Å²) in [7, 11) is 1.15. The number of aromatic carboxylic acids is 1. The number of carboxylic acids is 1. The molecule has 0 aliphatic rings. The Morgan fingerprint density at radius 3 is 2.50 bits per heavy atom. The number of ether oxygens (including phenoxy) is 1. The maximum Gasteiger partial charge on any atom is 0.341 e. The van der Waals surface area contributed by atoms with Crippen LogP contribution in [0, 0.1) is 21.7 Å². The highest BCUT2D eigenvalue weighted by Gasteiger charge is 2.23. The Hall–Kier alpha value is -4.02. The van der Waals surface area contributed by atoms with E-state index in [9.17, 15) is 33.6 Å². The molecule has 0 fully saturated rings. The number of rotatable bonds is 4. The lowest BCUT2D eigenvalue weighted by atomic mass is 10.1. The number of methoxy groups -OCH3 is 1. The van der Waals surface area contributed by atoms with E-state index in [1.807, 2.05) is 0 Å². The summed E-state index contributed by atoms with van der Waals surface area (Å²) < 4.78 is 33.8. The standard InChI is InChI=1S/C17H11F2N3O6/c1-28-15-5-12-7(2-14(15)22(26)27)16(23)8(17(24)25)6-21(12)13-4-11(20)9(18)3-10(13)19/h2-6H,20H2,1H3,(H,24,25). The van der Waals surface area contributed by atoms with Crippen LogP contribution in [-0.2, 0) is 0 Å². The van der Waals surface area contributed by atoms with Gasteiger partial charge in [-0.25, -0.2) is 13.6 Å². The average molecular weight is 391 g/mol. The van der Waals surface area contributed by atoms with E-state index < -0.39 is 44.9 Å². The third kappa shape index (κ3) is 2.88. The summed E-state index contributed by atoms with van der Waals surface area (Å²) in [6.07, 6.45) is 0.827. The molecule has 9 nitrogen and oxygen atoms in total. The Morgan fingerprint density at radius 2 is 1.93 bits per heavy atom. The van der Waals surface area contributed by atoms with Crippen LogP contribution in [0.15, 0.2) is 35.3 Å². The van der Waals surface area contributed by atoms with Crippen LogP contribution in [0.5, 0.6) is 5.75 Å². The second kappa shape index (κ2) is 6.61. The Kier molecular flexibility index (Phi) is 4.43. The first-order valence-corrected chi connectivity index (χ1v) is 7.55. The number of anilines is 1. The Balaban J connectivity index is 2.54. The van der Waals surface area contributed by atoms with Crippen molar-refractivity contribution >= 4 is 28.2 Å². The zero-order valence-electron chi connectivity index (χ0n) is 14.1. The molecule has 1 heterocycles. The van der Waals surface area contributed by atoms with E-state index >= 15 is 0 Å². The summed E-state index contributed by atoms with van der Waals surface area (Å²) in [5.74, 6) is -4.00. The minimum absolute atomic E-state index is 0.0950. The van der Waals surface area contributed by atoms with Crippen LogP contribution in [0.25, 0.3) is 16.6 Å². The topological polar surface area (TPSA) is 138 Å². The number of nitrogen functional groups attached to an aromatic ring is 1. The van der Waals surface area contributed by atoms with Crippen molar-refractivity contribution in [3.05, 3.63) is 68.0 Å². The maximum absolute atomic E-state index is 14.4. The first-order chi connectivity index (χ1) is 13.1. The SMILES string of the molecule is COc1cc2c(cc1[N+](=O)[O-])c(=O)c(C(=O)O)cn2-c1cc(N)c(F)cc1F. The van der Waals surface area contributed by atoms with E-state index in [0.29, 0.717) is 6.07 Å². The summed E-state index contributed by atoms with van der Waals surface area (Å²) in [4.78, 5) is 34.4. The van der Waals surface area contributed by atoms with E-state index in [-0.39, 0.29) is 22.3 Å². The molecule has 0 atom stereocenters. The summed E-state index contributed by atoms with van der Waals surface area (Å²) in [5.41, 5.74) is 2.23. The van der Waals surface area contributed by atoms with Crippen molar-refractivity contribution in [3.8, 4) is 11.4 Å². The fourth-order valence-electron chi connectivity index (χ4n) is 2.74. The van der Waals surface area contributed by atoms with Gasteiger partial charge in [-0.05, 0) is 6.07 Å². The molecular weight excluding hydrogens is 380 g/mol. The van der Waals surface area contributed by atoms with Crippen molar-refractivity contribution in [2.24, 2.45) is 0 Å². The van der Waals surface area contributed by atoms with Crippen molar-refractivity contribution in [3.63, 3.8) is 0 Å². The molecule has 28 heavy (non-hydrogen) atoms. The van der Waals surface area contributed by atoms with Crippen molar-refractivity contribution in [1.82, 2.24) is 4.57 Å². The predicted octanol–water partition coefficient (Wildman–Crippen LogP) is 2.47. The van der Waals surface area contributed by atoms with E-state index in [1.54, 1.807) is 0 Å². The molecule has 3 rings (SSSR count). The van der Waals surface area contributed by atoms with Crippen molar-refractivity contribution < 1.29 is 28.3 Å². The number of pyridine rings is 1. The van der Waals surface area contributed by atoms with Crippen LogP contribution in [0.1, 0.15) is 10.4 Å². The quantitative estimate of drug-likeness (QED) is 0.396. The monoisotopic (exact) mass is 391 g/mol. The van der Waals surface area contributed by atoms with Gasteiger partial charge in [0.2, 0.25) is 5.43 Å². The van der Waals surface area contributed by atoms with Crippen LogP contribution in [-0.4, -0.2) is 27.7 Å². The number of carboxylic acid groups (broad SMARTS) is 1. The van der Waals surface area contributed by atoms with Gasteiger partial charge in [-0.15, -0.1) is 0 Å². The molecule has 3 N–H and O–H groups in total. The lowest BCUT2D eigenvalue weighted by molar-refractivity contribution is -0.385. The molecule has 3 aromatic rings. The summed E-state index contributed by atoms with van der Waals surface area (Å²) >= 11 is 0. The second-order valence-corrected chi connectivity index (χ2v) is 5.67.